The Morgan fingerprint density at radius 1 is 0.281 bits per heavy atom. The van der Waals surface area contributed by atoms with Crippen LogP contribution in [0.2, 0.25) is 0 Å². The summed E-state index contributed by atoms with van der Waals surface area (Å²) in [6.07, 6.45) is -71.4. The van der Waals surface area contributed by atoms with E-state index in [2.05, 4.69) is 0 Å². The van der Waals surface area contributed by atoms with Crippen molar-refractivity contribution in [3.05, 3.63) is 0 Å². The zero-order valence-corrected chi connectivity index (χ0v) is 48.3. The lowest BCUT2D eigenvalue weighted by Crippen LogP contribution is -2.68. The zero-order valence-electron chi connectivity index (χ0n) is 46.6. The fourth-order valence-electron chi connectivity index (χ4n) is 11.2. The highest BCUT2D eigenvalue weighted by Crippen LogP contribution is 2.40. The van der Waals surface area contributed by atoms with Crippen molar-refractivity contribution in [2.24, 2.45) is 11.5 Å². The molecule has 0 saturated carbocycles. The number of aliphatic hydroxyl groups is 19. The molecule has 21 heterocycles. The van der Waals surface area contributed by atoms with E-state index in [1.807, 2.05) is 0 Å². The summed E-state index contributed by atoms with van der Waals surface area (Å²) in [6, 6.07) is -2.94. The normalized spacial score (nSPS) is 50.1. The van der Waals surface area contributed by atoms with Crippen LogP contribution in [0, 0.1) is 0 Å². The van der Waals surface area contributed by atoms with Gasteiger partial charge in [0.1, 0.15) is 171 Å². The summed E-state index contributed by atoms with van der Waals surface area (Å²) in [6.45, 7) is -5.43. The number of ether oxygens (including phenoxy) is 14. The van der Waals surface area contributed by atoms with Crippen LogP contribution in [0.15, 0.2) is 0 Å². The molecule has 39 nitrogen and oxygen atoms in total. The highest BCUT2D eigenvalue weighted by molar-refractivity contribution is 7.99. The number of aliphatic carboxylic acids is 2. The summed E-state index contributed by atoms with van der Waals surface area (Å²) >= 11 is 1.60. The lowest BCUT2D eigenvalue weighted by atomic mass is 9.95. The van der Waals surface area contributed by atoms with Crippen LogP contribution in [0.5, 0.6) is 0 Å². The van der Waals surface area contributed by atoms with Crippen molar-refractivity contribution in [2.45, 2.75) is 227 Å². The Labute approximate surface area is 511 Å². The molecule has 0 aromatic heterocycles. The molecule has 516 valence electrons. The van der Waals surface area contributed by atoms with E-state index in [-0.39, 0.29) is 11.5 Å². The minimum absolute atomic E-state index is 0.319. The van der Waals surface area contributed by atoms with E-state index in [4.69, 9.17) is 77.8 Å². The smallest absolute Gasteiger partial charge is 0.321 e. The van der Waals surface area contributed by atoms with E-state index in [1.165, 1.54) is 0 Å². The van der Waals surface area contributed by atoms with E-state index in [0.717, 1.165) is 23.5 Å². The van der Waals surface area contributed by atoms with E-state index in [0.29, 0.717) is 0 Å². The third-order valence-electron chi connectivity index (χ3n) is 16.2. The SMILES string of the molecule is NC(CSCC1O[C@@H]2O[C@@H]3C(CO)O[C@H](O[C@@H]4C(CO)O[C@H](O[C@@H]5C(CSC[C@@H](N)C(=O)O)O[C@H](O[C@@H]6C(CO)O[C@H](O[C@@H]7C(CO)O[C@H](O[C@@H]8C(CO)O[C@H](O[C@H]1[C@H](O)C2O)C(O)[C@H]8O)C(O)[C@H]7O)C(O)[C@H]6O)C(O)[C@H]5O)C(O)[C@H]4O)C(O)[C@H]3O)C(=O)O. The minimum atomic E-state index is -2.27. The van der Waals surface area contributed by atoms with Crippen LogP contribution in [0.25, 0.3) is 0 Å². The molecule has 41 heteroatoms. The van der Waals surface area contributed by atoms with Crippen molar-refractivity contribution in [3.8, 4) is 0 Å². The number of aliphatic hydroxyl groups excluding tert-OH is 19. The van der Waals surface area contributed by atoms with Crippen molar-refractivity contribution < 1.29 is 183 Å². The lowest BCUT2D eigenvalue weighted by molar-refractivity contribution is -0.395. The van der Waals surface area contributed by atoms with Crippen LogP contribution in [-0.2, 0) is 75.9 Å². The number of hydrogen-bond acceptors (Lipinski definition) is 39. The van der Waals surface area contributed by atoms with Gasteiger partial charge in [0.25, 0.3) is 0 Å². The standard InChI is InChI=1S/C48H80N2O37S2/c49-10(40(70)71)6-88-8-17-38-25(62)32(69)48(80-17)85-37-16(5-55)76-44(28(65)21(37)58)83-35-14(3-53)78-46(30(67)23(35)60)87-39-18(9-89-7-11(50)41(72)73)79-47(31(68)24(39)61)84-36-15(4-54)75-43(27(64)20(36)57)81-33-12(1-51)74-42(26(63)19(33)56)82-34-13(2-52)77-45(86-38)29(66)22(34)59/h10-39,42-48,51-69H,1-9,49-50H2,(H,70,71)(H,72,73)/t10?,11-,12?,13?,14?,15?,16?,17?,18?,19-,20-,21-,22-,23-,24-,25-,26?,27?,28?,29?,30?,31?,32?,33-,34-,35-,36-,37-,38-,39-,42-,43-,44-,45-,46-,47-,48-/m1/s1. The number of carboxylic acids is 2. The maximum Gasteiger partial charge on any atom is 0.321 e. The first-order valence-corrected chi connectivity index (χ1v) is 30.4. The molecule has 14 bridgehead atoms. The zero-order chi connectivity index (χ0) is 65.2. The predicted octanol–water partition coefficient (Wildman–Crippen LogP) is -14.9. The minimum Gasteiger partial charge on any atom is -0.480 e. The average Bonchev–Trinajstić information content (AvgIpc) is 0.983. The lowest BCUT2D eigenvalue weighted by Gasteiger charge is -2.50. The number of carbonyl (C=O) groups is 2. The molecule has 0 aromatic rings. The fourth-order valence-corrected chi connectivity index (χ4v) is 13.2. The molecule has 0 aromatic carbocycles. The molecule has 0 radical (unpaired) electrons. The quantitative estimate of drug-likeness (QED) is 0.0724. The predicted molar refractivity (Wildman–Crippen MR) is 280 cm³/mol. The third kappa shape index (κ3) is 15.9. The number of carboxylic acid groups (broad SMARTS) is 2. The molecular formula is C48H80N2O37S2. The van der Waals surface area contributed by atoms with Crippen molar-refractivity contribution in [1.29, 1.82) is 0 Å². The first kappa shape index (κ1) is 73.1. The largest absolute Gasteiger partial charge is 0.480 e. The van der Waals surface area contributed by atoms with Crippen LogP contribution in [0.3, 0.4) is 0 Å². The monoisotopic (exact) mass is 1340 g/mol. The van der Waals surface area contributed by atoms with Gasteiger partial charge in [-0.1, -0.05) is 0 Å². The molecule has 0 aliphatic carbocycles. The molecule has 37 atom stereocenters. The second-order valence-electron chi connectivity index (χ2n) is 22.3. The van der Waals surface area contributed by atoms with Crippen molar-refractivity contribution >= 4 is 35.5 Å². The Morgan fingerprint density at radius 3 is 0.596 bits per heavy atom. The van der Waals surface area contributed by atoms with E-state index >= 15 is 0 Å². The van der Waals surface area contributed by atoms with Gasteiger partial charge in [0.15, 0.2) is 44.0 Å². The van der Waals surface area contributed by atoms with Crippen LogP contribution in [-0.4, -0.2) is 402 Å². The van der Waals surface area contributed by atoms with Gasteiger partial charge in [0, 0.05) is 23.0 Å². The van der Waals surface area contributed by atoms with E-state index in [1.54, 1.807) is 0 Å². The molecule has 21 fully saturated rings. The fraction of sp³-hybridized carbons (Fsp3) is 0.958. The molecule has 15 unspecified atom stereocenters. The Kier molecular flexibility index (Phi) is 26.2. The molecule has 21 rings (SSSR count). The highest BCUT2D eigenvalue weighted by Gasteiger charge is 2.60. The van der Waals surface area contributed by atoms with Gasteiger partial charge in [-0.2, -0.15) is 23.5 Å². The second kappa shape index (κ2) is 31.9. The Morgan fingerprint density at radius 2 is 0.438 bits per heavy atom. The van der Waals surface area contributed by atoms with E-state index < -0.39 is 284 Å². The number of hydrogen-bond donors (Lipinski definition) is 23. The van der Waals surface area contributed by atoms with Crippen LogP contribution >= 0.6 is 23.5 Å². The van der Waals surface area contributed by atoms with Gasteiger partial charge in [0.2, 0.25) is 0 Å². The van der Waals surface area contributed by atoms with Crippen molar-refractivity contribution in [3.63, 3.8) is 0 Å². The van der Waals surface area contributed by atoms with Crippen molar-refractivity contribution in [2.75, 3.05) is 56.0 Å². The second-order valence-corrected chi connectivity index (χ2v) is 24.4. The van der Waals surface area contributed by atoms with Gasteiger partial charge >= 0.3 is 11.9 Å². The summed E-state index contributed by atoms with van der Waals surface area (Å²) in [5, 5.41) is 233. The first-order valence-electron chi connectivity index (χ1n) is 28.1. The van der Waals surface area contributed by atoms with Gasteiger partial charge in [-0.05, 0) is 0 Å². The van der Waals surface area contributed by atoms with Crippen LogP contribution < -0.4 is 11.5 Å². The molecule has 21 aliphatic rings. The summed E-state index contributed by atoms with van der Waals surface area (Å²) in [5.74, 6) is -4.26. The average molecular weight is 1340 g/mol. The topological polar surface area (TPSA) is 640 Å². The maximum absolute atomic E-state index is 11.7. The van der Waals surface area contributed by atoms with Gasteiger partial charge in [-0.25, -0.2) is 0 Å². The Hall–Kier alpha value is -1.76. The molecule has 0 spiro atoms. The summed E-state index contributed by atoms with van der Waals surface area (Å²) in [7, 11) is 0. The summed E-state index contributed by atoms with van der Waals surface area (Å²) in [5.41, 5.74) is 11.4. The molecule has 21 aliphatic heterocycles. The molecular weight excluding hydrogens is 1260 g/mol. The van der Waals surface area contributed by atoms with Gasteiger partial charge < -0.3 is 185 Å². The summed E-state index contributed by atoms with van der Waals surface area (Å²) in [4.78, 5) is 23.2. The van der Waals surface area contributed by atoms with Gasteiger partial charge in [0.05, 0.1) is 45.2 Å². The molecule has 25 N–H and O–H groups in total. The van der Waals surface area contributed by atoms with Crippen LogP contribution in [0.4, 0.5) is 0 Å². The Bertz CT molecular complexity index is 2200. The first-order chi connectivity index (χ1) is 42.2. The van der Waals surface area contributed by atoms with Crippen molar-refractivity contribution in [1.82, 2.24) is 0 Å². The third-order valence-corrected chi connectivity index (χ3v) is 18.5. The number of nitrogens with two attached hydrogens (primary N) is 2. The van der Waals surface area contributed by atoms with Gasteiger partial charge in [-0.3, -0.25) is 9.59 Å². The molecule has 89 heavy (non-hydrogen) atoms. The number of rotatable bonds is 15. The molecule has 21 saturated heterocycles. The van der Waals surface area contributed by atoms with Crippen LogP contribution in [0.1, 0.15) is 0 Å². The van der Waals surface area contributed by atoms with E-state index in [9.17, 15) is 117 Å². The summed E-state index contributed by atoms with van der Waals surface area (Å²) < 4.78 is 81.6. The van der Waals surface area contributed by atoms with Gasteiger partial charge in [-0.15, -0.1) is 0 Å². The highest BCUT2D eigenvalue weighted by atomic mass is 32.2. The maximum atomic E-state index is 11.7. The molecule has 0 amide bonds. The number of thioether (sulfide) groups is 2. The Balaban J connectivity index is 1.11.